The lowest BCUT2D eigenvalue weighted by molar-refractivity contribution is -0.113. The van der Waals surface area contributed by atoms with Gasteiger partial charge in [0.25, 0.3) is 0 Å². The minimum Gasteiger partial charge on any atom is -0.465 e. The van der Waals surface area contributed by atoms with Gasteiger partial charge in [-0.05, 0) is 42.3 Å². The summed E-state index contributed by atoms with van der Waals surface area (Å²) in [7, 11) is 1.36. The summed E-state index contributed by atoms with van der Waals surface area (Å²) in [6.45, 7) is 1.99. The lowest BCUT2D eigenvalue weighted by Crippen LogP contribution is -2.14. The number of benzene rings is 2. The van der Waals surface area contributed by atoms with Crippen molar-refractivity contribution in [2.75, 3.05) is 18.2 Å². The van der Waals surface area contributed by atoms with Crippen molar-refractivity contribution in [3.63, 3.8) is 0 Å². The number of ether oxygens (including phenoxy) is 1. The molecule has 126 valence electrons. The number of thioether (sulfide) groups is 1. The van der Waals surface area contributed by atoms with Gasteiger partial charge in [-0.25, -0.2) is 4.79 Å². The molecule has 0 aliphatic rings. The Morgan fingerprint density at radius 2 is 2.00 bits per heavy atom. The van der Waals surface area contributed by atoms with E-state index in [0.29, 0.717) is 17.1 Å². The van der Waals surface area contributed by atoms with E-state index < -0.39 is 0 Å². The molecule has 4 nitrogen and oxygen atoms in total. The van der Waals surface area contributed by atoms with Crippen LogP contribution in [0.5, 0.6) is 0 Å². The summed E-state index contributed by atoms with van der Waals surface area (Å²) in [6, 6.07) is 12.9. The van der Waals surface area contributed by atoms with Gasteiger partial charge in [-0.2, -0.15) is 0 Å². The van der Waals surface area contributed by atoms with E-state index in [1.807, 2.05) is 37.3 Å². The number of amides is 1. The first kappa shape index (κ1) is 18.5. The highest BCUT2D eigenvalue weighted by Gasteiger charge is 2.07. The summed E-state index contributed by atoms with van der Waals surface area (Å²) < 4.78 is 5.67. The molecule has 0 aromatic heterocycles. The Morgan fingerprint density at radius 3 is 2.71 bits per heavy atom. The van der Waals surface area contributed by atoms with Gasteiger partial charge < -0.3 is 10.1 Å². The first-order valence-corrected chi connectivity index (χ1v) is 9.25. The fourth-order valence-corrected chi connectivity index (χ4v) is 3.19. The number of halogens is 1. The van der Waals surface area contributed by atoms with Crippen LogP contribution < -0.4 is 5.32 Å². The zero-order valence-electron chi connectivity index (χ0n) is 13.5. The number of methoxy groups -OCH3 is 1. The van der Waals surface area contributed by atoms with E-state index in [1.54, 1.807) is 12.1 Å². The maximum atomic E-state index is 12.0. The van der Waals surface area contributed by atoms with Crippen LogP contribution >= 0.6 is 27.7 Å². The molecule has 24 heavy (non-hydrogen) atoms. The fourth-order valence-electron chi connectivity index (χ4n) is 2.04. The molecular weight excluding hydrogens is 390 g/mol. The van der Waals surface area contributed by atoms with E-state index in [-0.39, 0.29) is 11.9 Å². The van der Waals surface area contributed by atoms with E-state index in [9.17, 15) is 9.59 Å². The van der Waals surface area contributed by atoms with Crippen molar-refractivity contribution < 1.29 is 14.3 Å². The fraction of sp³-hybridized carbons (Fsp3) is 0.222. The first-order chi connectivity index (χ1) is 11.5. The number of esters is 1. The maximum Gasteiger partial charge on any atom is 0.337 e. The molecule has 1 amide bonds. The van der Waals surface area contributed by atoms with Gasteiger partial charge in [0.2, 0.25) is 5.91 Å². The second-order valence-corrected chi connectivity index (χ2v) is 7.04. The normalized spacial score (nSPS) is 10.3. The number of aryl methyl sites for hydroxylation is 1. The van der Waals surface area contributed by atoms with Crippen LogP contribution in [0.1, 0.15) is 21.5 Å². The highest BCUT2D eigenvalue weighted by molar-refractivity contribution is 9.10. The molecule has 0 saturated carbocycles. The van der Waals surface area contributed by atoms with Gasteiger partial charge in [-0.3, -0.25) is 4.79 Å². The molecule has 2 aromatic rings. The second-order valence-electron chi connectivity index (χ2n) is 5.20. The van der Waals surface area contributed by atoms with Crippen molar-refractivity contribution in [1.82, 2.24) is 0 Å². The quantitative estimate of drug-likeness (QED) is 0.720. The average Bonchev–Trinajstić information content (AvgIpc) is 2.57. The number of carbonyl (C=O) groups is 2. The average molecular weight is 408 g/mol. The molecule has 1 N–H and O–H groups in total. The van der Waals surface area contributed by atoms with Crippen molar-refractivity contribution in [2.24, 2.45) is 0 Å². The monoisotopic (exact) mass is 407 g/mol. The van der Waals surface area contributed by atoms with Crippen molar-refractivity contribution in [3.05, 3.63) is 63.6 Å². The Balaban J connectivity index is 1.84. The topological polar surface area (TPSA) is 55.4 Å². The molecule has 0 radical (unpaired) electrons. The number of carbonyl (C=O) groups excluding carboxylic acids is 2. The number of hydrogen-bond donors (Lipinski definition) is 1. The lowest BCUT2D eigenvalue weighted by Gasteiger charge is -2.07. The smallest absolute Gasteiger partial charge is 0.337 e. The van der Waals surface area contributed by atoms with E-state index in [4.69, 9.17) is 4.74 Å². The van der Waals surface area contributed by atoms with Gasteiger partial charge in [0, 0.05) is 15.9 Å². The molecule has 0 heterocycles. The Bertz CT molecular complexity index is 749. The molecule has 6 heteroatoms. The SMILES string of the molecule is COC(=O)c1cccc(CSCC(=O)Nc2ccc(C)c(Br)c2)c1. The maximum absolute atomic E-state index is 12.0. The molecular formula is C18H18BrNO3S. The Hall–Kier alpha value is -1.79. The van der Waals surface area contributed by atoms with Gasteiger partial charge in [0.05, 0.1) is 18.4 Å². The molecule has 0 atom stereocenters. The van der Waals surface area contributed by atoms with Crippen LogP contribution in [0.3, 0.4) is 0 Å². The summed E-state index contributed by atoms with van der Waals surface area (Å²) in [5.74, 6) is 0.577. The van der Waals surface area contributed by atoms with E-state index >= 15 is 0 Å². The molecule has 0 unspecified atom stereocenters. The summed E-state index contributed by atoms with van der Waals surface area (Å²) >= 11 is 4.94. The minimum absolute atomic E-state index is 0.0557. The predicted octanol–water partition coefficient (Wildman–Crippen LogP) is 4.42. The highest BCUT2D eigenvalue weighted by Crippen LogP contribution is 2.21. The van der Waals surface area contributed by atoms with Gasteiger partial charge in [-0.15, -0.1) is 11.8 Å². The molecule has 2 aromatic carbocycles. The standard InChI is InChI=1S/C18H18BrNO3S/c1-12-6-7-15(9-16(12)19)20-17(21)11-24-10-13-4-3-5-14(8-13)18(22)23-2/h3-9H,10-11H2,1-2H3,(H,20,21). The Kier molecular flexibility index (Phi) is 6.87. The van der Waals surface area contributed by atoms with Crippen LogP contribution in [-0.4, -0.2) is 24.7 Å². The summed E-state index contributed by atoms with van der Waals surface area (Å²) in [4.78, 5) is 23.5. The van der Waals surface area contributed by atoms with Gasteiger partial charge in [0.15, 0.2) is 0 Å². The molecule has 0 spiro atoms. The van der Waals surface area contributed by atoms with Gasteiger partial charge >= 0.3 is 5.97 Å². The third-order valence-electron chi connectivity index (χ3n) is 3.31. The van der Waals surface area contributed by atoms with E-state index in [2.05, 4.69) is 21.2 Å². The minimum atomic E-state index is -0.357. The molecule has 2 rings (SSSR count). The number of rotatable bonds is 6. The Morgan fingerprint density at radius 1 is 1.21 bits per heavy atom. The van der Waals surface area contributed by atoms with Gasteiger partial charge in [0.1, 0.15) is 0 Å². The molecule has 0 saturated heterocycles. The molecule has 0 aliphatic carbocycles. The zero-order valence-corrected chi connectivity index (χ0v) is 15.9. The van der Waals surface area contributed by atoms with E-state index in [1.165, 1.54) is 18.9 Å². The summed E-state index contributed by atoms with van der Waals surface area (Å²) in [5.41, 5.74) is 3.39. The van der Waals surface area contributed by atoms with Gasteiger partial charge in [-0.1, -0.05) is 34.1 Å². The number of hydrogen-bond acceptors (Lipinski definition) is 4. The zero-order chi connectivity index (χ0) is 17.5. The third-order valence-corrected chi connectivity index (χ3v) is 5.16. The van der Waals surface area contributed by atoms with Crippen molar-refractivity contribution in [2.45, 2.75) is 12.7 Å². The Labute approximate surface area is 154 Å². The molecule has 0 aliphatic heterocycles. The number of anilines is 1. The molecule has 0 fully saturated rings. The predicted molar refractivity (Wildman–Crippen MR) is 101 cm³/mol. The van der Waals surface area contributed by atoms with Crippen molar-refractivity contribution in [3.8, 4) is 0 Å². The summed E-state index contributed by atoms with van der Waals surface area (Å²) in [6.07, 6.45) is 0. The number of nitrogens with one attached hydrogen (secondary N) is 1. The van der Waals surface area contributed by atoms with Crippen LogP contribution in [0.4, 0.5) is 5.69 Å². The highest BCUT2D eigenvalue weighted by atomic mass is 79.9. The van der Waals surface area contributed by atoms with Crippen LogP contribution in [0.2, 0.25) is 0 Å². The van der Waals surface area contributed by atoms with Crippen LogP contribution in [0.25, 0.3) is 0 Å². The van der Waals surface area contributed by atoms with Crippen molar-refractivity contribution in [1.29, 1.82) is 0 Å². The van der Waals surface area contributed by atoms with Crippen molar-refractivity contribution >= 4 is 45.3 Å². The van der Waals surface area contributed by atoms with Crippen LogP contribution in [0, 0.1) is 6.92 Å². The summed E-state index contributed by atoms with van der Waals surface area (Å²) in [5, 5.41) is 2.87. The van der Waals surface area contributed by atoms with E-state index in [0.717, 1.165) is 21.3 Å². The molecule has 0 bridgehead atoms. The third kappa shape index (κ3) is 5.39. The first-order valence-electron chi connectivity index (χ1n) is 7.30. The second kappa shape index (κ2) is 8.89. The van der Waals surface area contributed by atoms with Crippen LogP contribution in [0.15, 0.2) is 46.9 Å². The lowest BCUT2D eigenvalue weighted by atomic mass is 10.1. The van der Waals surface area contributed by atoms with Crippen LogP contribution in [-0.2, 0) is 15.3 Å². The largest absolute Gasteiger partial charge is 0.465 e.